The first-order chi connectivity index (χ1) is 18.0. The van der Waals surface area contributed by atoms with Crippen LogP contribution in [0.15, 0.2) is 28.8 Å². The Kier molecular flexibility index (Phi) is 7.29. The number of amides is 2. The Hall–Kier alpha value is -4.54. The van der Waals surface area contributed by atoms with E-state index in [2.05, 4.69) is 30.9 Å². The topological polar surface area (TPSA) is 176 Å². The van der Waals surface area contributed by atoms with Crippen molar-refractivity contribution in [1.29, 1.82) is 0 Å². The molecule has 0 aliphatic heterocycles. The van der Waals surface area contributed by atoms with Crippen molar-refractivity contribution in [2.24, 2.45) is 0 Å². The molecule has 0 spiro atoms. The highest BCUT2D eigenvalue weighted by Crippen LogP contribution is 2.32. The van der Waals surface area contributed by atoms with Gasteiger partial charge in [-0.3, -0.25) is 9.59 Å². The standard InChI is InChI=1S/C20H17ClF3N9O5/c1-10-15(21)16(33(36)37)29-32(10)9-14(34)25-6-7-26-17(35)18-28-13(30-38-18)8-31-12-5-3-2-4-11(12)27-19(31)20(22,23)24/h2-5H,6-9H2,1H3,(H,25,34)(H,26,35). The molecule has 2 N–H and O–H groups in total. The van der Waals surface area contributed by atoms with Gasteiger partial charge in [-0.25, -0.2) is 4.98 Å². The summed E-state index contributed by atoms with van der Waals surface area (Å²) in [5, 5.41) is 22.9. The van der Waals surface area contributed by atoms with Gasteiger partial charge in [-0.1, -0.05) is 28.9 Å². The number of nitro groups is 1. The highest BCUT2D eigenvalue weighted by atomic mass is 35.5. The predicted molar refractivity (Wildman–Crippen MR) is 122 cm³/mol. The van der Waals surface area contributed by atoms with Crippen LogP contribution in [0, 0.1) is 17.0 Å². The lowest BCUT2D eigenvalue weighted by molar-refractivity contribution is -0.389. The van der Waals surface area contributed by atoms with Crippen LogP contribution in [0.1, 0.15) is 28.0 Å². The molecular formula is C20H17ClF3N9O5. The maximum absolute atomic E-state index is 13.5. The minimum absolute atomic E-state index is 0.0301. The Bertz CT molecular complexity index is 1530. The second kappa shape index (κ2) is 10.4. The Morgan fingerprint density at radius 3 is 2.58 bits per heavy atom. The zero-order chi connectivity index (χ0) is 27.6. The number of alkyl halides is 3. The van der Waals surface area contributed by atoms with Gasteiger partial charge in [0.1, 0.15) is 6.54 Å². The van der Waals surface area contributed by atoms with Gasteiger partial charge in [0.25, 0.3) is 0 Å². The third-order valence-electron chi connectivity index (χ3n) is 5.19. The smallest absolute Gasteiger partial charge is 0.358 e. The number of nitrogens with one attached hydrogen (secondary N) is 2. The monoisotopic (exact) mass is 555 g/mol. The molecule has 0 atom stereocenters. The average Bonchev–Trinajstić information content (AvgIpc) is 3.55. The molecule has 18 heteroatoms. The molecule has 1 aromatic carbocycles. The Balaban J connectivity index is 1.31. The van der Waals surface area contributed by atoms with E-state index in [1.807, 2.05) is 0 Å². The summed E-state index contributed by atoms with van der Waals surface area (Å²) in [5.74, 6) is -3.75. The second-order valence-corrected chi connectivity index (χ2v) is 8.15. The van der Waals surface area contributed by atoms with Gasteiger partial charge in [0.2, 0.25) is 11.7 Å². The summed E-state index contributed by atoms with van der Waals surface area (Å²) >= 11 is 5.83. The largest absolute Gasteiger partial charge is 0.449 e. The lowest BCUT2D eigenvalue weighted by atomic mass is 10.3. The van der Waals surface area contributed by atoms with Crippen LogP contribution < -0.4 is 10.6 Å². The van der Waals surface area contributed by atoms with E-state index in [1.165, 1.54) is 19.1 Å². The summed E-state index contributed by atoms with van der Waals surface area (Å²) in [6.07, 6.45) is -4.73. The maximum atomic E-state index is 13.5. The molecule has 3 aromatic heterocycles. The lowest BCUT2D eigenvalue weighted by Gasteiger charge is -2.09. The molecule has 200 valence electrons. The number of imidazole rings is 1. The summed E-state index contributed by atoms with van der Waals surface area (Å²) in [5.41, 5.74) is 0.570. The van der Waals surface area contributed by atoms with Gasteiger partial charge in [0.15, 0.2) is 10.8 Å². The molecule has 2 amide bonds. The molecule has 0 radical (unpaired) electrons. The van der Waals surface area contributed by atoms with E-state index in [-0.39, 0.29) is 47.2 Å². The van der Waals surface area contributed by atoms with Crippen molar-refractivity contribution in [3.8, 4) is 0 Å². The summed E-state index contributed by atoms with van der Waals surface area (Å²) in [6.45, 7) is 0.581. The molecule has 0 saturated carbocycles. The van der Waals surface area contributed by atoms with Gasteiger partial charge < -0.3 is 29.8 Å². The molecule has 0 aliphatic rings. The second-order valence-electron chi connectivity index (χ2n) is 7.77. The summed E-state index contributed by atoms with van der Waals surface area (Å²) < 4.78 is 47.2. The Labute approximate surface area is 214 Å². The SMILES string of the molecule is Cc1c(Cl)c([N+](=O)[O-])nn1CC(=O)NCCNC(=O)c1nc(Cn2c(C(F)(F)F)nc3ccccc32)no1. The summed E-state index contributed by atoms with van der Waals surface area (Å²) in [6, 6.07) is 6.01. The number of benzene rings is 1. The van der Waals surface area contributed by atoms with Gasteiger partial charge in [0, 0.05) is 13.1 Å². The van der Waals surface area contributed by atoms with Crippen LogP contribution in [0.4, 0.5) is 19.0 Å². The Morgan fingerprint density at radius 1 is 1.18 bits per heavy atom. The quantitative estimate of drug-likeness (QED) is 0.178. The fourth-order valence-electron chi connectivity index (χ4n) is 3.43. The van der Waals surface area contributed by atoms with E-state index in [0.29, 0.717) is 0 Å². The fourth-order valence-corrected chi connectivity index (χ4v) is 3.63. The van der Waals surface area contributed by atoms with Crippen molar-refractivity contribution in [2.75, 3.05) is 13.1 Å². The zero-order valence-electron chi connectivity index (χ0n) is 19.3. The molecule has 4 rings (SSSR count). The third kappa shape index (κ3) is 5.56. The molecule has 14 nitrogen and oxygen atoms in total. The molecule has 0 bridgehead atoms. The van der Waals surface area contributed by atoms with Crippen molar-refractivity contribution < 1.29 is 32.2 Å². The van der Waals surface area contributed by atoms with Gasteiger partial charge in [0.05, 0.1) is 28.4 Å². The average molecular weight is 556 g/mol. The van der Waals surface area contributed by atoms with Gasteiger partial charge in [-0.2, -0.15) is 22.8 Å². The minimum Gasteiger partial charge on any atom is -0.358 e. The number of halogens is 4. The third-order valence-corrected chi connectivity index (χ3v) is 5.63. The Morgan fingerprint density at radius 2 is 1.89 bits per heavy atom. The normalized spacial score (nSPS) is 11.6. The van der Waals surface area contributed by atoms with Crippen molar-refractivity contribution in [1.82, 2.24) is 40.1 Å². The number of fused-ring (bicyclic) bond motifs is 1. The molecule has 0 unspecified atom stereocenters. The molecule has 0 fully saturated rings. The van der Waals surface area contributed by atoms with Gasteiger partial charge in [-0.05, 0) is 24.0 Å². The molecule has 0 aliphatic carbocycles. The van der Waals surface area contributed by atoms with Crippen LogP contribution in [0.2, 0.25) is 5.02 Å². The van der Waals surface area contributed by atoms with Crippen LogP contribution in [-0.4, -0.2) is 59.3 Å². The lowest BCUT2D eigenvalue weighted by Crippen LogP contribution is -2.36. The number of rotatable bonds is 9. The van der Waals surface area contributed by atoms with E-state index in [4.69, 9.17) is 16.1 Å². The van der Waals surface area contributed by atoms with E-state index >= 15 is 0 Å². The number of nitrogens with zero attached hydrogens (tertiary/aromatic N) is 7. The highest BCUT2D eigenvalue weighted by molar-refractivity contribution is 6.33. The number of carbonyl (C=O) groups is 2. The number of hydrogen-bond acceptors (Lipinski definition) is 9. The van der Waals surface area contributed by atoms with E-state index in [1.54, 1.807) is 12.1 Å². The first-order valence-corrected chi connectivity index (χ1v) is 11.1. The molecule has 0 saturated heterocycles. The van der Waals surface area contributed by atoms with E-state index < -0.39 is 47.0 Å². The predicted octanol–water partition coefficient (Wildman–Crippen LogP) is 2.10. The molecule has 38 heavy (non-hydrogen) atoms. The van der Waals surface area contributed by atoms with Crippen molar-refractivity contribution in [3.63, 3.8) is 0 Å². The van der Waals surface area contributed by atoms with Crippen LogP contribution in [0.25, 0.3) is 11.0 Å². The summed E-state index contributed by atoms with van der Waals surface area (Å²) in [4.78, 5) is 42.0. The first-order valence-electron chi connectivity index (χ1n) is 10.7. The zero-order valence-corrected chi connectivity index (χ0v) is 20.1. The van der Waals surface area contributed by atoms with Crippen molar-refractivity contribution in [2.45, 2.75) is 26.2 Å². The summed E-state index contributed by atoms with van der Waals surface area (Å²) in [7, 11) is 0. The molecular weight excluding hydrogens is 539 g/mol. The number of hydrogen-bond donors (Lipinski definition) is 2. The van der Waals surface area contributed by atoms with Crippen LogP contribution in [-0.2, 0) is 24.1 Å². The molecule has 3 heterocycles. The minimum atomic E-state index is -4.73. The van der Waals surface area contributed by atoms with Crippen molar-refractivity contribution in [3.05, 3.63) is 62.6 Å². The van der Waals surface area contributed by atoms with Crippen LogP contribution in [0.3, 0.4) is 0 Å². The van der Waals surface area contributed by atoms with Crippen LogP contribution in [0.5, 0.6) is 0 Å². The van der Waals surface area contributed by atoms with Gasteiger partial charge >= 0.3 is 23.8 Å². The van der Waals surface area contributed by atoms with E-state index in [0.717, 1.165) is 9.25 Å². The van der Waals surface area contributed by atoms with E-state index in [9.17, 15) is 32.9 Å². The maximum Gasteiger partial charge on any atom is 0.449 e. The number of carbonyl (C=O) groups excluding carboxylic acids is 2. The number of para-hydroxylation sites is 2. The molecule has 4 aromatic rings. The van der Waals surface area contributed by atoms with Crippen molar-refractivity contribution >= 4 is 40.3 Å². The van der Waals surface area contributed by atoms with Crippen LogP contribution >= 0.6 is 11.6 Å². The number of aromatic nitrogens is 6. The fraction of sp³-hybridized carbons (Fsp3) is 0.300. The van der Waals surface area contributed by atoms with Gasteiger partial charge in [-0.15, -0.1) is 0 Å². The highest BCUT2D eigenvalue weighted by Gasteiger charge is 2.38. The first kappa shape index (κ1) is 26.5.